The molecule has 5 fully saturated rings. The second-order valence-electron chi connectivity index (χ2n) is 19.4. The maximum atomic E-state index is 16.3. The van der Waals surface area contributed by atoms with Gasteiger partial charge in [0.2, 0.25) is 0 Å². The SMILES string of the molecule is C=C1C(OCc2ccc(OC)cc2)CC[C@@H]1[C@]1(C)C(=O)[C@@H]2OC[C@]3(C(=O)OC)[C@H](O[Si](CC)(CC)CC)C[C@H](O[Si](CC)(CC)CC)[C@@]4(CO[C@](OCc5ccccc5)(C(=O)OC)[C@@H]14)[C@@H]23. The monoisotopic (exact) mass is 934 g/mol. The minimum Gasteiger partial charge on any atom is -0.497 e. The van der Waals surface area contributed by atoms with Gasteiger partial charge in [0.1, 0.15) is 17.3 Å². The van der Waals surface area contributed by atoms with Gasteiger partial charge in [-0.15, -0.1) is 0 Å². The first-order chi connectivity index (χ1) is 31.2. The molecule has 12 nitrogen and oxygen atoms in total. The standard InChI is InChI=1S/C51H74O12Si2/c1-12-64(13-2,14-3)62-40-29-41(63-65(15-4,16-5)17-6)50(46(53)56-10)32-59-42-43(50)49(40)33-61-51(47(54)57-11,60-31-35-21-19-18-20-22-35)45(49)48(8,44(42)52)38-27-28-39(34(38)7)58-30-36-23-25-37(55-9)26-24-36/h18-26,38-43,45H,7,12-17,27-33H2,1-6,8-11H3/t38-,39?,40-,41+,42+,43+,45-,48+,49-,50-,51-/m0/s1. The lowest BCUT2D eigenvalue weighted by Crippen LogP contribution is -2.77. The molecule has 0 bridgehead atoms. The second-order valence-corrected chi connectivity index (χ2v) is 28.9. The summed E-state index contributed by atoms with van der Waals surface area (Å²) in [7, 11) is -0.575. The number of benzene rings is 2. The van der Waals surface area contributed by atoms with Crippen LogP contribution < -0.4 is 4.74 Å². The van der Waals surface area contributed by atoms with Crippen molar-refractivity contribution in [2.45, 2.75) is 147 Å². The number of esters is 2. The molecule has 0 aromatic heterocycles. The Morgan fingerprint density at radius 2 is 1.34 bits per heavy atom. The molecule has 11 atom stereocenters. The minimum absolute atomic E-state index is 0.00874. The normalized spacial score (nSPS) is 34.3. The number of methoxy groups -OCH3 is 3. The van der Waals surface area contributed by atoms with Crippen LogP contribution >= 0.6 is 0 Å². The Labute approximate surface area is 389 Å². The molecule has 3 aliphatic carbocycles. The Morgan fingerprint density at radius 3 is 1.91 bits per heavy atom. The summed E-state index contributed by atoms with van der Waals surface area (Å²) in [5.41, 5.74) is -1.51. The van der Waals surface area contributed by atoms with Gasteiger partial charge in [0, 0.05) is 22.7 Å². The smallest absolute Gasteiger partial charge is 0.366 e. The second kappa shape index (κ2) is 19.4. The van der Waals surface area contributed by atoms with Crippen LogP contribution in [0.5, 0.6) is 5.75 Å². The highest BCUT2D eigenvalue weighted by Crippen LogP contribution is 2.75. The Hall–Kier alpha value is -3.22. The molecular formula is C51H74O12Si2. The fourth-order valence-corrected chi connectivity index (χ4v) is 19.1. The number of hydrogen-bond acceptors (Lipinski definition) is 12. The Bertz CT molecular complexity index is 2010. The number of rotatable bonds is 20. The zero-order chi connectivity index (χ0) is 47.0. The van der Waals surface area contributed by atoms with Crippen molar-refractivity contribution in [3.8, 4) is 5.75 Å². The van der Waals surface area contributed by atoms with Crippen LogP contribution in [0.25, 0.3) is 0 Å². The van der Waals surface area contributed by atoms with Crippen LogP contribution in [0, 0.1) is 34.0 Å². The third kappa shape index (κ3) is 7.83. The summed E-state index contributed by atoms with van der Waals surface area (Å²) >= 11 is 0. The number of Topliss-reactive ketones (excluding diaryl/α,β-unsaturated/α-hetero) is 1. The molecule has 5 aliphatic rings. The van der Waals surface area contributed by atoms with Gasteiger partial charge in [-0.05, 0) is 90.3 Å². The van der Waals surface area contributed by atoms with E-state index < -0.39 is 86.7 Å². The van der Waals surface area contributed by atoms with Crippen molar-refractivity contribution in [3.63, 3.8) is 0 Å². The van der Waals surface area contributed by atoms with E-state index in [0.29, 0.717) is 25.9 Å². The summed E-state index contributed by atoms with van der Waals surface area (Å²) in [6.07, 6.45) is -1.29. The van der Waals surface area contributed by atoms with Crippen LogP contribution in [0.15, 0.2) is 66.7 Å². The van der Waals surface area contributed by atoms with Gasteiger partial charge in [0.25, 0.3) is 5.79 Å². The van der Waals surface area contributed by atoms with E-state index in [1.54, 1.807) is 7.11 Å². The van der Waals surface area contributed by atoms with Crippen LogP contribution in [0.1, 0.15) is 78.9 Å². The zero-order valence-corrected chi connectivity index (χ0v) is 42.5. The molecule has 0 amide bonds. The molecule has 3 saturated carbocycles. The molecule has 14 heteroatoms. The van der Waals surface area contributed by atoms with Crippen LogP contribution in [-0.2, 0) is 64.9 Å². The molecule has 2 heterocycles. The van der Waals surface area contributed by atoms with Crippen molar-refractivity contribution >= 4 is 34.4 Å². The average Bonchev–Trinajstić information content (AvgIpc) is 4.05. The highest BCUT2D eigenvalue weighted by atomic mass is 28.4. The summed E-state index contributed by atoms with van der Waals surface area (Å²) in [5, 5.41) is 0. The minimum atomic E-state index is -2.51. The summed E-state index contributed by atoms with van der Waals surface area (Å²) in [6.45, 7) is 19.9. The van der Waals surface area contributed by atoms with E-state index in [-0.39, 0.29) is 31.7 Å². The Morgan fingerprint density at radius 1 is 0.754 bits per heavy atom. The van der Waals surface area contributed by atoms with Crippen molar-refractivity contribution in [3.05, 3.63) is 77.9 Å². The van der Waals surface area contributed by atoms with E-state index in [4.69, 9.17) is 48.6 Å². The van der Waals surface area contributed by atoms with E-state index in [0.717, 1.165) is 58.7 Å². The number of ether oxygens (including phenoxy) is 7. The van der Waals surface area contributed by atoms with E-state index in [2.05, 4.69) is 41.5 Å². The zero-order valence-electron chi connectivity index (χ0n) is 40.5. The molecule has 1 unspecified atom stereocenters. The lowest BCUT2D eigenvalue weighted by molar-refractivity contribution is -0.274. The largest absolute Gasteiger partial charge is 0.497 e. The molecule has 7 rings (SSSR count). The van der Waals surface area contributed by atoms with Gasteiger partial charge in [-0.1, -0.05) is 97.5 Å². The molecule has 65 heavy (non-hydrogen) atoms. The lowest BCUT2D eigenvalue weighted by atomic mass is 9.38. The molecule has 2 aliphatic heterocycles. The van der Waals surface area contributed by atoms with Gasteiger partial charge in [-0.2, -0.15) is 0 Å². The first-order valence-electron chi connectivity index (χ1n) is 24.1. The number of ketones is 1. The summed E-state index contributed by atoms with van der Waals surface area (Å²) in [5.74, 6) is -5.20. The summed E-state index contributed by atoms with van der Waals surface area (Å²) in [4.78, 5) is 46.5. The number of hydrogen-bond donors (Lipinski definition) is 0. The maximum absolute atomic E-state index is 16.3. The highest BCUT2D eigenvalue weighted by molar-refractivity contribution is 6.74. The molecule has 0 N–H and O–H groups in total. The molecule has 0 radical (unpaired) electrons. The Kier molecular flexibility index (Phi) is 14.8. The summed E-state index contributed by atoms with van der Waals surface area (Å²) in [6, 6.07) is 22.5. The number of carbonyl (C=O) groups is 3. The van der Waals surface area contributed by atoms with Crippen LogP contribution in [0.3, 0.4) is 0 Å². The molecule has 1 spiro atoms. The van der Waals surface area contributed by atoms with Gasteiger partial charge in [-0.25, -0.2) is 4.79 Å². The molecule has 2 saturated heterocycles. The van der Waals surface area contributed by atoms with E-state index >= 15 is 14.4 Å². The van der Waals surface area contributed by atoms with Crippen molar-refractivity contribution in [1.82, 2.24) is 0 Å². The van der Waals surface area contributed by atoms with Gasteiger partial charge in [0.05, 0.1) is 66.1 Å². The fourth-order valence-electron chi connectivity index (χ4n) is 13.3. The van der Waals surface area contributed by atoms with Gasteiger partial charge >= 0.3 is 11.9 Å². The molecule has 2 aromatic rings. The third-order valence-electron chi connectivity index (χ3n) is 17.3. The van der Waals surface area contributed by atoms with Crippen molar-refractivity contribution in [2.75, 3.05) is 34.5 Å². The molecule has 358 valence electrons. The number of carbonyl (C=O) groups excluding carboxylic acids is 3. The van der Waals surface area contributed by atoms with Gasteiger partial charge in [0.15, 0.2) is 22.4 Å². The van der Waals surface area contributed by atoms with Crippen molar-refractivity contribution in [1.29, 1.82) is 0 Å². The van der Waals surface area contributed by atoms with Gasteiger partial charge < -0.3 is 42.0 Å². The topological polar surface area (TPSA) is 134 Å². The maximum Gasteiger partial charge on any atom is 0.366 e. The predicted molar refractivity (Wildman–Crippen MR) is 251 cm³/mol. The molecular weight excluding hydrogens is 861 g/mol. The molecule has 2 aromatic carbocycles. The first kappa shape index (κ1) is 49.7. The lowest BCUT2D eigenvalue weighted by Gasteiger charge is -2.65. The average molecular weight is 935 g/mol. The quantitative estimate of drug-likeness (QED) is 0.0712. The van der Waals surface area contributed by atoms with Gasteiger partial charge in [-0.3, -0.25) is 9.59 Å². The van der Waals surface area contributed by atoms with Crippen LogP contribution in [-0.4, -0.2) is 99.1 Å². The first-order valence-corrected chi connectivity index (χ1v) is 29.2. The van der Waals surface area contributed by atoms with E-state index in [1.807, 2.05) is 61.5 Å². The predicted octanol–water partition coefficient (Wildman–Crippen LogP) is 9.21. The third-order valence-corrected chi connectivity index (χ3v) is 26.6. The Balaban J connectivity index is 1.46. The fraction of sp³-hybridized carbons (Fsp3) is 0.667. The van der Waals surface area contributed by atoms with Crippen LogP contribution in [0.2, 0.25) is 36.3 Å². The summed E-state index contributed by atoms with van der Waals surface area (Å²) < 4.78 is 60.0. The van der Waals surface area contributed by atoms with Crippen molar-refractivity contribution in [2.24, 2.45) is 34.0 Å². The van der Waals surface area contributed by atoms with E-state index in [9.17, 15) is 0 Å². The van der Waals surface area contributed by atoms with Crippen molar-refractivity contribution < 1.29 is 56.4 Å². The van der Waals surface area contributed by atoms with Crippen LogP contribution in [0.4, 0.5) is 0 Å². The highest BCUT2D eigenvalue weighted by Gasteiger charge is 2.87. The van der Waals surface area contributed by atoms with E-state index in [1.165, 1.54) is 14.2 Å².